The first-order chi connectivity index (χ1) is 13.0. The van der Waals surface area contributed by atoms with Crippen LogP contribution < -0.4 is 10.1 Å². The van der Waals surface area contributed by atoms with E-state index < -0.39 is 5.95 Å². The van der Waals surface area contributed by atoms with E-state index >= 15 is 0 Å². The minimum atomic E-state index is -0.530. The summed E-state index contributed by atoms with van der Waals surface area (Å²) in [4.78, 5) is 19.5. The molecule has 2 N–H and O–H groups in total. The van der Waals surface area contributed by atoms with Gasteiger partial charge in [0.15, 0.2) is 0 Å². The zero-order chi connectivity index (χ0) is 19.0. The Balaban J connectivity index is 1.61. The van der Waals surface area contributed by atoms with Crippen molar-refractivity contribution in [2.75, 3.05) is 7.11 Å². The monoisotopic (exact) mass is 363 g/mol. The van der Waals surface area contributed by atoms with E-state index in [4.69, 9.17) is 4.74 Å². The summed E-state index contributed by atoms with van der Waals surface area (Å²) in [5.41, 5.74) is 2.97. The maximum atomic E-state index is 13.4. The number of nitrogens with zero attached hydrogens (tertiary/aromatic N) is 1. The normalized spacial score (nSPS) is 12.3. The number of aromatic amines is 1. The Hall–Kier alpha value is -3.41. The first-order valence-corrected chi connectivity index (χ1v) is 8.57. The van der Waals surface area contributed by atoms with E-state index in [1.807, 2.05) is 37.3 Å². The molecule has 0 radical (unpaired) electrons. The summed E-state index contributed by atoms with van der Waals surface area (Å²) in [5.74, 6) is 0.0291. The lowest BCUT2D eigenvalue weighted by atomic mass is 10.1. The van der Waals surface area contributed by atoms with Gasteiger partial charge < -0.3 is 15.0 Å². The number of hydrogen-bond acceptors (Lipinski definition) is 3. The van der Waals surface area contributed by atoms with Crippen molar-refractivity contribution in [3.63, 3.8) is 0 Å². The lowest BCUT2D eigenvalue weighted by molar-refractivity contribution is 0.0940. The maximum Gasteiger partial charge on any atom is 0.251 e. The first kappa shape index (κ1) is 17.0. The molecule has 136 valence electrons. The van der Waals surface area contributed by atoms with E-state index in [2.05, 4.69) is 15.3 Å². The number of ether oxygens (including phenoxy) is 1. The van der Waals surface area contributed by atoms with Crippen LogP contribution in [0.2, 0.25) is 0 Å². The summed E-state index contributed by atoms with van der Waals surface area (Å²) in [5, 5.41) is 4.59. The van der Waals surface area contributed by atoms with Gasteiger partial charge in [0.05, 0.1) is 24.9 Å². The number of methoxy groups -OCH3 is 1. The van der Waals surface area contributed by atoms with Gasteiger partial charge in [0.1, 0.15) is 5.75 Å². The zero-order valence-electron chi connectivity index (χ0n) is 14.9. The Morgan fingerprint density at radius 1 is 1.15 bits per heavy atom. The molecule has 0 fully saturated rings. The summed E-state index contributed by atoms with van der Waals surface area (Å²) < 4.78 is 18.6. The molecule has 0 unspecified atom stereocenters. The minimum Gasteiger partial charge on any atom is -0.497 e. The molecule has 0 spiro atoms. The van der Waals surface area contributed by atoms with Gasteiger partial charge in [0, 0.05) is 27.9 Å². The summed E-state index contributed by atoms with van der Waals surface area (Å²) >= 11 is 0. The summed E-state index contributed by atoms with van der Waals surface area (Å²) in [7, 11) is 1.61. The molecule has 4 aromatic rings. The number of pyridine rings is 1. The molecular formula is C21H18FN3O2. The van der Waals surface area contributed by atoms with Gasteiger partial charge in [-0.05, 0) is 36.8 Å². The Morgan fingerprint density at radius 2 is 2.00 bits per heavy atom. The van der Waals surface area contributed by atoms with Crippen molar-refractivity contribution in [3.8, 4) is 5.75 Å². The smallest absolute Gasteiger partial charge is 0.251 e. The number of benzene rings is 2. The van der Waals surface area contributed by atoms with E-state index in [1.165, 1.54) is 12.3 Å². The Morgan fingerprint density at radius 3 is 2.81 bits per heavy atom. The van der Waals surface area contributed by atoms with Gasteiger partial charge in [0.2, 0.25) is 5.95 Å². The van der Waals surface area contributed by atoms with Crippen LogP contribution in [0.4, 0.5) is 4.39 Å². The molecule has 2 aromatic carbocycles. The number of amides is 1. The molecule has 0 bridgehead atoms. The molecule has 0 aliphatic carbocycles. The van der Waals surface area contributed by atoms with Crippen LogP contribution in [0.1, 0.15) is 28.9 Å². The van der Waals surface area contributed by atoms with Crippen molar-refractivity contribution in [3.05, 3.63) is 71.8 Å². The molecule has 5 nitrogen and oxygen atoms in total. The number of halogens is 1. The molecule has 2 aromatic heterocycles. The highest BCUT2D eigenvalue weighted by molar-refractivity contribution is 6.09. The van der Waals surface area contributed by atoms with Crippen LogP contribution in [0, 0.1) is 5.95 Å². The average Bonchev–Trinajstić information content (AvgIpc) is 3.04. The van der Waals surface area contributed by atoms with Crippen LogP contribution in [-0.4, -0.2) is 23.0 Å². The second kappa shape index (κ2) is 6.72. The van der Waals surface area contributed by atoms with E-state index in [0.717, 1.165) is 33.1 Å². The van der Waals surface area contributed by atoms with Crippen molar-refractivity contribution in [2.24, 2.45) is 0 Å². The van der Waals surface area contributed by atoms with Gasteiger partial charge in [-0.15, -0.1) is 0 Å². The number of rotatable bonds is 4. The topological polar surface area (TPSA) is 67.0 Å². The van der Waals surface area contributed by atoms with Crippen LogP contribution >= 0.6 is 0 Å². The van der Waals surface area contributed by atoms with Gasteiger partial charge in [0.25, 0.3) is 5.91 Å². The second-order valence-corrected chi connectivity index (χ2v) is 6.41. The Labute approximate surface area is 155 Å². The van der Waals surface area contributed by atoms with Crippen molar-refractivity contribution < 1.29 is 13.9 Å². The minimum absolute atomic E-state index is 0.177. The number of carbonyl (C=O) groups excluding carboxylic acids is 1. The second-order valence-electron chi connectivity index (χ2n) is 6.41. The maximum absolute atomic E-state index is 13.4. The van der Waals surface area contributed by atoms with Gasteiger partial charge in [-0.1, -0.05) is 18.2 Å². The average molecular weight is 363 g/mol. The number of H-pyrrole nitrogens is 1. The molecule has 0 saturated carbocycles. The molecule has 0 aliphatic heterocycles. The lowest BCUT2D eigenvalue weighted by Gasteiger charge is -2.15. The molecule has 0 aliphatic rings. The van der Waals surface area contributed by atoms with Gasteiger partial charge >= 0.3 is 0 Å². The molecule has 27 heavy (non-hydrogen) atoms. The summed E-state index contributed by atoms with van der Waals surface area (Å²) in [6.45, 7) is 1.92. The molecule has 1 amide bonds. The van der Waals surface area contributed by atoms with Crippen molar-refractivity contribution in [2.45, 2.75) is 13.0 Å². The molecule has 4 rings (SSSR count). The van der Waals surface area contributed by atoms with Crippen molar-refractivity contribution in [1.29, 1.82) is 0 Å². The molecular weight excluding hydrogens is 345 g/mol. The fraction of sp³-hybridized carbons (Fsp3) is 0.143. The highest BCUT2D eigenvalue weighted by atomic mass is 19.1. The first-order valence-electron chi connectivity index (χ1n) is 8.57. The number of carbonyl (C=O) groups is 1. The Kier molecular flexibility index (Phi) is 4.24. The number of hydrogen-bond donors (Lipinski definition) is 2. The van der Waals surface area contributed by atoms with Crippen LogP contribution in [0.15, 0.2) is 54.7 Å². The molecule has 0 saturated heterocycles. The highest BCUT2D eigenvalue weighted by Crippen LogP contribution is 2.26. The van der Waals surface area contributed by atoms with Crippen LogP contribution in [0.3, 0.4) is 0 Å². The van der Waals surface area contributed by atoms with Gasteiger partial charge in [-0.3, -0.25) is 4.79 Å². The van der Waals surface area contributed by atoms with Crippen molar-refractivity contribution in [1.82, 2.24) is 15.3 Å². The molecule has 2 heterocycles. The summed E-state index contributed by atoms with van der Waals surface area (Å²) in [6.07, 6.45) is 1.45. The largest absolute Gasteiger partial charge is 0.497 e. The number of nitrogens with one attached hydrogen (secondary N) is 2. The summed E-state index contributed by atoms with van der Waals surface area (Å²) in [6, 6.07) is 14.1. The van der Waals surface area contributed by atoms with E-state index in [1.54, 1.807) is 19.2 Å². The van der Waals surface area contributed by atoms with Gasteiger partial charge in [-0.2, -0.15) is 4.39 Å². The standard InChI is InChI=1S/C21H18FN3O2/c1-12(13-4-3-5-15(8-13)27-2)24-21(26)14-6-7-16-17-10-20(22)23-11-19(17)25-18(16)9-14/h3-12,25H,1-2H3,(H,24,26)/t12-/m1/s1. The van der Waals surface area contributed by atoms with Crippen LogP contribution in [0.25, 0.3) is 21.8 Å². The fourth-order valence-corrected chi connectivity index (χ4v) is 3.20. The molecule has 6 heteroatoms. The third-order valence-electron chi connectivity index (χ3n) is 4.65. The predicted molar refractivity (Wildman–Crippen MR) is 102 cm³/mol. The van der Waals surface area contributed by atoms with Crippen LogP contribution in [-0.2, 0) is 0 Å². The predicted octanol–water partition coefficient (Wildman–Crippen LogP) is 4.35. The Bertz CT molecular complexity index is 1150. The fourth-order valence-electron chi connectivity index (χ4n) is 3.20. The third-order valence-corrected chi connectivity index (χ3v) is 4.65. The number of fused-ring (bicyclic) bond motifs is 3. The van der Waals surface area contributed by atoms with Crippen molar-refractivity contribution >= 4 is 27.7 Å². The number of aromatic nitrogens is 2. The van der Waals surface area contributed by atoms with Crippen LogP contribution in [0.5, 0.6) is 5.75 Å². The molecule has 1 atom stereocenters. The van der Waals surface area contributed by atoms with E-state index in [-0.39, 0.29) is 11.9 Å². The SMILES string of the molecule is COc1cccc([C@@H](C)NC(=O)c2ccc3c(c2)[nH]c2cnc(F)cc23)c1. The lowest BCUT2D eigenvalue weighted by Crippen LogP contribution is -2.26. The zero-order valence-corrected chi connectivity index (χ0v) is 14.9. The highest BCUT2D eigenvalue weighted by Gasteiger charge is 2.14. The van der Waals surface area contributed by atoms with Gasteiger partial charge in [-0.25, -0.2) is 4.98 Å². The van der Waals surface area contributed by atoms with E-state index in [0.29, 0.717) is 5.56 Å². The quantitative estimate of drug-likeness (QED) is 0.530. The third kappa shape index (κ3) is 3.21. The van der Waals surface area contributed by atoms with E-state index in [9.17, 15) is 9.18 Å².